The zero-order valence-electron chi connectivity index (χ0n) is 12.9. The van der Waals surface area contributed by atoms with E-state index in [1.54, 1.807) is 14.2 Å². The third kappa shape index (κ3) is 2.23. The van der Waals surface area contributed by atoms with Crippen molar-refractivity contribution in [1.82, 2.24) is 0 Å². The van der Waals surface area contributed by atoms with E-state index in [0.717, 1.165) is 10.0 Å². The lowest BCUT2D eigenvalue weighted by molar-refractivity contribution is 0.354. The molecule has 0 radical (unpaired) electrons. The van der Waals surface area contributed by atoms with Crippen LogP contribution >= 0.6 is 27.5 Å². The van der Waals surface area contributed by atoms with E-state index in [-0.39, 0.29) is 16.2 Å². The van der Waals surface area contributed by atoms with Crippen LogP contribution in [0.5, 0.6) is 11.5 Å². The highest BCUT2D eigenvalue weighted by molar-refractivity contribution is 9.10. The molecule has 0 aromatic heterocycles. The first-order chi connectivity index (χ1) is 9.18. The molecule has 20 heavy (non-hydrogen) atoms. The second kappa shape index (κ2) is 5.10. The first-order valence-electron chi connectivity index (χ1n) is 6.74. The van der Waals surface area contributed by atoms with Crippen molar-refractivity contribution < 1.29 is 9.47 Å². The van der Waals surface area contributed by atoms with Gasteiger partial charge in [-0.1, -0.05) is 43.6 Å². The highest BCUT2D eigenvalue weighted by Crippen LogP contribution is 2.74. The Morgan fingerprint density at radius 2 is 1.50 bits per heavy atom. The molecule has 1 aliphatic carbocycles. The van der Waals surface area contributed by atoms with Crippen molar-refractivity contribution in [2.45, 2.75) is 33.1 Å². The van der Waals surface area contributed by atoms with Crippen molar-refractivity contribution in [2.75, 3.05) is 14.2 Å². The van der Waals surface area contributed by atoms with Gasteiger partial charge in [0.2, 0.25) is 0 Å². The van der Waals surface area contributed by atoms with Crippen LogP contribution < -0.4 is 9.47 Å². The molecule has 0 aliphatic heterocycles. The molecule has 4 heteroatoms. The summed E-state index contributed by atoms with van der Waals surface area (Å²) in [5, 5.41) is -0.0471. The first kappa shape index (κ1) is 16.0. The lowest BCUT2D eigenvalue weighted by Crippen LogP contribution is -2.02. The van der Waals surface area contributed by atoms with Crippen LogP contribution in [0.2, 0.25) is 0 Å². The molecule has 2 rings (SSSR count). The van der Waals surface area contributed by atoms with Crippen molar-refractivity contribution in [3.05, 3.63) is 22.2 Å². The van der Waals surface area contributed by atoms with Gasteiger partial charge in [-0.15, -0.1) is 11.6 Å². The van der Waals surface area contributed by atoms with E-state index in [9.17, 15) is 0 Å². The van der Waals surface area contributed by atoms with Crippen molar-refractivity contribution >= 4 is 27.5 Å². The van der Waals surface area contributed by atoms with Gasteiger partial charge in [0.15, 0.2) is 11.5 Å². The molecule has 1 saturated carbocycles. The number of rotatable bonds is 4. The Balaban J connectivity index is 2.39. The Labute approximate surface area is 134 Å². The lowest BCUT2D eigenvalue weighted by atomic mass is 10.0. The fourth-order valence-corrected chi connectivity index (χ4v) is 4.75. The number of ether oxygens (including phenoxy) is 2. The standard InChI is InChI=1S/C16H22BrClO2/c1-15(2)14(16(15,3)4)13(18)9-7-11(19-5)12(20-6)8-10(9)17/h7-8,13-14H,1-6H3. The molecular weight excluding hydrogens is 340 g/mol. The molecule has 2 nitrogen and oxygen atoms in total. The molecule has 0 heterocycles. The predicted octanol–water partition coefficient (Wildman–Crippen LogP) is 5.43. The van der Waals surface area contributed by atoms with Crippen LogP contribution in [0.3, 0.4) is 0 Å². The second-order valence-electron chi connectivity index (χ2n) is 6.55. The summed E-state index contributed by atoms with van der Waals surface area (Å²) in [5.41, 5.74) is 1.55. The van der Waals surface area contributed by atoms with E-state index in [2.05, 4.69) is 43.6 Å². The number of halogens is 2. The van der Waals surface area contributed by atoms with E-state index in [1.165, 1.54) is 0 Å². The van der Waals surface area contributed by atoms with Gasteiger partial charge in [-0.25, -0.2) is 0 Å². The van der Waals surface area contributed by atoms with Crippen molar-refractivity contribution in [3.8, 4) is 11.5 Å². The minimum absolute atomic E-state index is 0.0471. The van der Waals surface area contributed by atoms with Crippen LogP contribution in [-0.2, 0) is 0 Å². The minimum Gasteiger partial charge on any atom is -0.493 e. The van der Waals surface area contributed by atoms with Crippen molar-refractivity contribution in [2.24, 2.45) is 16.7 Å². The molecule has 0 spiro atoms. The molecule has 1 aliphatic rings. The summed E-state index contributed by atoms with van der Waals surface area (Å²) in [6, 6.07) is 3.90. The zero-order chi connectivity index (χ0) is 15.3. The molecule has 112 valence electrons. The van der Waals surface area contributed by atoms with Gasteiger partial charge in [0, 0.05) is 4.47 Å². The van der Waals surface area contributed by atoms with E-state index < -0.39 is 0 Å². The summed E-state index contributed by atoms with van der Waals surface area (Å²) < 4.78 is 11.7. The SMILES string of the molecule is COc1cc(Br)c(C(Cl)C2C(C)(C)C2(C)C)cc1OC. The number of benzene rings is 1. The molecular formula is C16H22BrClO2. The average molecular weight is 362 g/mol. The highest BCUT2D eigenvalue weighted by atomic mass is 79.9. The number of hydrogen-bond acceptors (Lipinski definition) is 2. The topological polar surface area (TPSA) is 18.5 Å². The fraction of sp³-hybridized carbons (Fsp3) is 0.625. The normalized spacial score (nSPS) is 21.4. The van der Waals surface area contributed by atoms with Crippen LogP contribution in [-0.4, -0.2) is 14.2 Å². The summed E-state index contributed by atoms with van der Waals surface area (Å²) in [4.78, 5) is 0. The average Bonchev–Trinajstić information content (AvgIpc) is 2.78. The van der Waals surface area contributed by atoms with E-state index >= 15 is 0 Å². The summed E-state index contributed by atoms with van der Waals surface area (Å²) in [6.45, 7) is 9.12. The van der Waals surface area contributed by atoms with Crippen LogP contribution in [0.1, 0.15) is 38.6 Å². The number of hydrogen-bond donors (Lipinski definition) is 0. The molecule has 0 amide bonds. The lowest BCUT2D eigenvalue weighted by Gasteiger charge is -2.17. The summed E-state index contributed by atoms with van der Waals surface area (Å²) >= 11 is 10.4. The Morgan fingerprint density at radius 1 is 1.05 bits per heavy atom. The monoisotopic (exact) mass is 360 g/mol. The molecule has 1 fully saturated rings. The van der Waals surface area contributed by atoms with Gasteiger partial charge < -0.3 is 9.47 Å². The Kier molecular flexibility index (Phi) is 4.07. The van der Waals surface area contributed by atoms with Gasteiger partial charge in [0.05, 0.1) is 19.6 Å². The van der Waals surface area contributed by atoms with Gasteiger partial charge in [-0.3, -0.25) is 0 Å². The predicted molar refractivity (Wildman–Crippen MR) is 86.9 cm³/mol. The largest absolute Gasteiger partial charge is 0.493 e. The quantitative estimate of drug-likeness (QED) is 0.666. The Morgan fingerprint density at radius 3 is 1.90 bits per heavy atom. The van der Waals surface area contributed by atoms with Crippen LogP contribution in [0.25, 0.3) is 0 Å². The van der Waals surface area contributed by atoms with Gasteiger partial charge in [0.25, 0.3) is 0 Å². The van der Waals surface area contributed by atoms with Crippen LogP contribution in [0, 0.1) is 16.7 Å². The molecule has 1 atom stereocenters. The third-order valence-electron chi connectivity index (χ3n) is 5.23. The number of alkyl halides is 1. The van der Waals surface area contributed by atoms with Crippen LogP contribution in [0.15, 0.2) is 16.6 Å². The van der Waals surface area contributed by atoms with E-state index in [1.807, 2.05) is 12.1 Å². The summed E-state index contributed by atoms with van der Waals surface area (Å²) in [6.07, 6.45) is 0. The molecule has 1 aromatic rings. The molecule has 0 N–H and O–H groups in total. The maximum absolute atomic E-state index is 6.78. The fourth-order valence-electron chi connectivity index (χ4n) is 3.24. The Hall–Kier alpha value is -0.410. The maximum atomic E-state index is 6.78. The van der Waals surface area contributed by atoms with E-state index in [4.69, 9.17) is 21.1 Å². The smallest absolute Gasteiger partial charge is 0.161 e. The summed E-state index contributed by atoms with van der Waals surface area (Å²) in [5.74, 6) is 1.86. The van der Waals surface area contributed by atoms with Crippen molar-refractivity contribution in [3.63, 3.8) is 0 Å². The summed E-state index contributed by atoms with van der Waals surface area (Å²) in [7, 11) is 3.28. The zero-order valence-corrected chi connectivity index (χ0v) is 15.2. The van der Waals surface area contributed by atoms with Crippen LogP contribution in [0.4, 0.5) is 0 Å². The molecule has 0 bridgehead atoms. The van der Waals surface area contributed by atoms with Gasteiger partial charge in [-0.2, -0.15) is 0 Å². The molecule has 1 aromatic carbocycles. The number of methoxy groups -OCH3 is 2. The minimum atomic E-state index is -0.0471. The van der Waals surface area contributed by atoms with Gasteiger partial charge in [-0.05, 0) is 34.4 Å². The Bertz CT molecular complexity index is 511. The molecule has 1 unspecified atom stereocenters. The van der Waals surface area contributed by atoms with Crippen molar-refractivity contribution in [1.29, 1.82) is 0 Å². The van der Waals surface area contributed by atoms with Gasteiger partial charge in [0.1, 0.15) is 0 Å². The van der Waals surface area contributed by atoms with Gasteiger partial charge >= 0.3 is 0 Å². The third-order valence-corrected chi connectivity index (χ3v) is 6.40. The van der Waals surface area contributed by atoms with E-state index in [0.29, 0.717) is 17.4 Å². The molecule has 0 saturated heterocycles. The second-order valence-corrected chi connectivity index (χ2v) is 7.88. The maximum Gasteiger partial charge on any atom is 0.161 e. The highest BCUT2D eigenvalue weighted by Gasteiger charge is 2.67. The first-order valence-corrected chi connectivity index (χ1v) is 7.97.